The van der Waals surface area contributed by atoms with Crippen LogP contribution in [0.3, 0.4) is 0 Å². The highest BCUT2D eigenvalue weighted by atomic mass is 19.3. The van der Waals surface area contributed by atoms with E-state index in [-0.39, 0.29) is 11.3 Å². The van der Waals surface area contributed by atoms with Gasteiger partial charge in [0, 0.05) is 0 Å². The smallest absolute Gasteiger partial charge is 0.387 e. The topological polar surface area (TPSA) is 39.4 Å². The summed E-state index contributed by atoms with van der Waals surface area (Å²) in [5, 5.41) is 0. The number of carbonyl (C=O) groups excluding carboxylic acids is 1. The number of ether oxygens (including phenoxy) is 1. The summed E-state index contributed by atoms with van der Waals surface area (Å²) in [6.45, 7) is 0.392. The van der Waals surface area contributed by atoms with Gasteiger partial charge in [-0.1, -0.05) is 12.1 Å². The lowest BCUT2D eigenvalue weighted by Crippen LogP contribution is -2.09. The van der Waals surface area contributed by atoms with Crippen molar-refractivity contribution < 1.29 is 22.7 Å². The standard InChI is InChI=1S/C14H12F2O3/c1-8-7-11(9(2)18-8)13(17)10-5-3-4-6-12(10)19-14(15)16/h3-7,14H,1-2H3. The number of carbonyl (C=O) groups is 1. The van der Waals surface area contributed by atoms with E-state index in [0.29, 0.717) is 17.1 Å². The van der Waals surface area contributed by atoms with Crippen molar-refractivity contribution in [2.45, 2.75) is 20.5 Å². The summed E-state index contributed by atoms with van der Waals surface area (Å²) < 4.78 is 34.2. The van der Waals surface area contributed by atoms with Crippen molar-refractivity contribution in [2.75, 3.05) is 0 Å². The van der Waals surface area contributed by atoms with E-state index in [2.05, 4.69) is 4.74 Å². The van der Waals surface area contributed by atoms with Crippen molar-refractivity contribution in [3.05, 3.63) is 53.0 Å². The van der Waals surface area contributed by atoms with Gasteiger partial charge in [-0.25, -0.2) is 0 Å². The largest absolute Gasteiger partial charge is 0.466 e. The molecule has 0 spiro atoms. The van der Waals surface area contributed by atoms with E-state index in [0.717, 1.165) is 0 Å². The molecule has 100 valence electrons. The number of aryl methyl sites for hydroxylation is 2. The van der Waals surface area contributed by atoms with E-state index in [1.807, 2.05) is 0 Å². The van der Waals surface area contributed by atoms with Crippen LogP contribution < -0.4 is 4.74 Å². The Morgan fingerprint density at radius 3 is 2.47 bits per heavy atom. The van der Waals surface area contributed by atoms with Gasteiger partial charge in [-0.3, -0.25) is 4.79 Å². The van der Waals surface area contributed by atoms with Crippen molar-refractivity contribution in [1.29, 1.82) is 0 Å². The van der Waals surface area contributed by atoms with Crippen LogP contribution in [-0.4, -0.2) is 12.4 Å². The number of ketones is 1. The lowest BCUT2D eigenvalue weighted by Gasteiger charge is -2.09. The molecule has 0 aliphatic heterocycles. The molecule has 19 heavy (non-hydrogen) atoms. The molecule has 0 saturated carbocycles. The summed E-state index contributed by atoms with van der Waals surface area (Å²) in [6.07, 6.45) is 0. The van der Waals surface area contributed by atoms with Crippen LogP contribution in [0.2, 0.25) is 0 Å². The maximum absolute atomic E-state index is 12.3. The molecule has 3 nitrogen and oxygen atoms in total. The summed E-state index contributed by atoms with van der Waals surface area (Å²) in [5.41, 5.74) is 0.439. The molecule has 5 heteroatoms. The molecule has 0 amide bonds. The van der Waals surface area contributed by atoms with Gasteiger partial charge in [0.2, 0.25) is 0 Å². The van der Waals surface area contributed by atoms with Crippen LogP contribution in [0.1, 0.15) is 27.4 Å². The predicted octanol–water partition coefficient (Wildman–Crippen LogP) is 3.73. The average molecular weight is 266 g/mol. The molecule has 0 bridgehead atoms. The molecule has 0 fully saturated rings. The van der Waals surface area contributed by atoms with Gasteiger partial charge < -0.3 is 9.15 Å². The number of para-hydroxylation sites is 1. The minimum Gasteiger partial charge on any atom is -0.466 e. The number of rotatable bonds is 4. The van der Waals surface area contributed by atoms with Crippen LogP contribution in [0.4, 0.5) is 8.78 Å². The Bertz CT molecular complexity index is 602. The zero-order valence-electron chi connectivity index (χ0n) is 10.4. The zero-order valence-corrected chi connectivity index (χ0v) is 10.4. The molecule has 0 aliphatic carbocycles. The third-order valence-corrected chi connectivity index (χ3v) is 2.63. The van der Waals surface area contributed by atoms with Crippen LogP contribution in [-0.2, 0) is 0 Å². The maximum atomic E-state index is 12.3. The molecule has 0 radical (unpaired) electrons. The molecule has 0 aliphatic rings. The van der Waals surface area contributed by atoms with Crippen LogP contribution >= 0.6 is 0 Å². The molecule has 2 aromatic rings. The van der Waals surface area contributed by atoms with Crippen LogP contribution in [0.15, 0.2) is 34.7 Å². The van der Waals surface area contributed by atoms with Crippen molar-refractivity contribution in [2.24, 2.45) is 0 Å². The third-order valence-electron chi connectivity index (χ3n) is 2.63. The van der Waals surface area contributed by atoms with Crippen LogP contribution in [0.5, 0.6) is 5.75 Å². The Labute approximate surface area is 108 Å². The first kappa shape index (κ1) is 13.3. The first-order valence-electron chi connectivity index (χ1n) is 5.64. The van der Waals surface area contributed by atoms with Gasteiger partial charge >= 0.3 is 6.61 Å². The monoisotopic (exact) mass is 266 g/mol. The fourth-order valence-electron chi connectivity index (χ4n) is 1.85. The number of furan rings is 1. The molecule has 1 heterocycles. The van der Waals surface area contributed by atoms with E-state index < -0.39 is 12.4 Å². The second-order valence-electron chi connectivity index (χ2n) is 4.03. The minimum absolute atomic E-state index is 0.0895. The fraction of sp³-hybridized carbons (Fsp3) is 0.214. The van der Waals surface area contributed by atoms with E-state index in [1.165, 1.54) is 18.2 Å². The third kappa shape index (κ3) is 2.81. The Morgan fingerprint density at radius 1 is 1.21 bits per heavy atom. The van der Waals surface area contributed by atoms with Crippen molar-refractivity contribution in [1.82, 2.24) is 0 Å². The molecule has 1 aromatic heterocycles. The number of halogens is 2. The lowest BCUT2D eigenvalue weighted by atomic mass is 10.0. The van der Waals surface area contributed by atoms with E-state index >= 15 is 0 Å². The molecular formula is C14H12F2O3. The predicted molar refractivity (Wildman–Crippen MR) is 64.7 cm³/mol. The maximum Gasteiger partial charge on any atom is 0.387 e. The average Bonchev–Trinajstić information content (AvgIpc) is 2.67. The van der Waals surface area contributed by atoms with Gasteiger partial charge in [-0.15, -0.1) is 0 Å². The SMILES string of the molecule is Cc1cc(C(=O)c2ccccc2OC(F)F)c(C)o1. The lowest BCUT2D eigenvalue weighted by molar-refractivity contribution is -0.0501. The van der Waals surface area contributed by atoms with Gasteiger partial charge in [0.05, 0.1) is 11.1 Å². The second-order valence-corrected chi connectivity index (χ2v) is 4.03. The molecule has 0 N–H and O–H groups in total. The van der Waals surface area contributed by atoms with E-state index in [9.17, 15) is 13.6 Å². The number of alkyl halides is 2. The highest BCUT2D eigenvalue weighted by Crippen LogP contribution is 2.25. The van der Waals surface area contributed by atoms with E-state index in [4.69, 9.17) is 4.42 Å². The van der Waals surface area contributed by atoms with Crippen molar-refractivity contribution in [3.63, 3.8) is 0 Å². The van der Waals surface area contributed by atoms with Gasteiger partial charge in [-0.2, -0.15) is 8.78 Å². The van der Waals surface area contributed by atoms with E-state index in [1.54, 1.807) is 26.0 Å². The quantitative estimate of drug-likeness (QED) is 0.791. The summed E-state index contributed by atoms with van der Waals surface area (Å²) >= 11 is 0. The molecular weight excluding hydrogens is 254 g/mol. The molecule has 0 unspecified atom stereocenters. The highest BCUT2D eigenvalue weighted by molar-refractivity contribution is 6.11. The second kappa shape index (κ2) is 5.22. The van der Waals surface area contributed by atoms with Crippen LogP contribution in [0.25, 0.3) is 0 Å². The van der Waals surface area contributed by atoms with Crippen molar-refractivity contribution in [3.8, 4) is 5.75 Å². The summed E-state index contributed by atoms with van der Waals surface area (Å²) in [6, 6.07) is 7.48. The fourth-order valence-corrected chi connectivity index (χ4v) is 1.85. The molecule has 0 atom stereocenters. The summed E-state index contributed by atoms with van der Waals surface area (Å²) in [4.78, 5) is 12.3. The highest BCUT2D eigenvalue weighted by Gasteiger charge is 2.20. The molecule has 2 rings (SSSR count). The van der Waals surface area contributed by atoms with Gasteiger partial charge in [0.25, 0.3) is 0 Å². The Hall–Kier alpha value is -2.17. The first-order valence-corrected chi connectivity index (χ1v) is 5.64. The Morgan fingerprint density at radius 2 is 1.89 bits per heavy atom. The summed E-state index contributed by atoms with van der Waals surface area (Å²) in [7, 11) is 0. The normalized spacial score (nSPS) is 10.8. The zero-order chi connectivity index (χ0) is 14.0. The van der Waals surface area contributed by atoms with Gasteiger partial charge in [0.15, 0.2) is 5.78 Å². The van der Waals surface area contributed by atoms with Gasteiger partial charge in [0.1, 0.15) is 17.3 Å². The Balaban J connectivity index is 2.41. The molecule has 1 aromatic carbocycles. The summed E-state index contributed by atoms with van der Waals surface area (Å²) in [5.74, 6) is 0.508. The number of hydrogen-bond acceptors (Lipinski definition) is 3. The first-order chi connectivity index (χ1) is 8.99. The van der Waals surface area contributed by atoms with Crippen molar-refractivity contribution >= 4 is 5.78 Å². The molecule has 0 saturated heterocycles. The van der Waals surface area contributed by atoms with Gasteiger partial charge in [-0.05, 0) is 32.0 Å². The number of hydrogen-bond donors (Lipinski definition) is 0. The minimum atomic E-state index is -2.97. The Kier molecular flexibility index (Phi) is 3.64. The van der Waals surface area contributed by atoms with Crippen LogP contribution in [0, 0.1) is 13.8 Å². The number of benzene rings is 1.